The lowest BCUT2D eigenvalue weighted by Crippen LogP contribution is -2.34. The van der Waals surface area contributed by atoms with Crippen molar-refractivity contribution in [1.29, 1.82) is 0 Å². The van der Waals surface area contributed by atoms with Gasteiger partial charge in [0.05, 0.1) is 23.2 Å². The maximum absolute atomic E-state index is 13.1. The fourth-order valence-corrected chi connectivity index (χ4v) is 3.88. The van der Waals surface area contributed by atoms with Crippen LogP contribution in [0.5, 0.6) is 5.75 Å². The standard InChI is InChI=1S/C22H18F6N2O2S/c23-21(24,25)16-11-17(22(26,27)28)13-18(12-16)32-33(31)30-20(15-9-5-2-6-10-15)19(29)14-7-3-1-4-8-14/h1-13,19-20,30H,29H2/t19?,20-,33?/m1/s1. The van der Waals surface area contributed by atoms with E-state index in [-0.39, 0.29) is 6.07 Å². The van der Waals surface area contributed by atoms with Crippen LogP contribution in [-0.4, -0.2) is 4.21 Å². The van der Waals surface area contributed by atoms with Gasteiger partial charge >= 0.3 is 12.4 Å². The molecule has 0 fully saturated rings. The van der Waals surface area contributed by atoms with Crippen LogP contribution in [0.15, 0.2) is 78.9 Å². The zero-order valence-corrected chi connectivity index (χ0v) is 17.5. The molecule has 0 aliphatic heterocycles. The summed E-state index contributed by atoms with van der Waals surface area (Å²) in [6.45, 7) is 0. The molecule has 0 aromatic heterocycles. The number of hydrogen-bond donors (Lipinski definition) is 2. The Morgan fingerprint density at radius 2 is 1.21 bits per heavy atom. The first-order chi connectivity index (χ1) is 15.4. The van der Waals surface area contributed by atoms with Gasteiger partial charge in [0.2, 0.25) is 0 Å². The van der Waals surface area contributed by atoms with Crippen LogP contribution >= 0.6 is 0 Å². The third kappa shape index (κ3) is 6.56. The van der Waals surface area contributed by atoms with Crippen molar-refractivity contribution in [3.8, 4) is 5.75 Å². The monoisotopic (exact) mass is 488 g/mol. The van der Waals surface area contributed by atoms with Crippen LogP contribution in [0.25, 0.3) is 0 Å². The molecule has 3 aromatic rings. The second-order valence-corrected chi connectivity index (χ2v) is 7.87. The Morgan fingerprint density at radius 1 is 0.758 bits per heavy atom. The SMILES string of the molecule is NC(c1ccccc1)[C@H](NS(=O)Oc1cc(C(F)(F)F)cc(C(F)(F)F)c1)c1ccccc1. The average molecular weight is 488 g/mol. The zero-order chi connectivity index (χ0) is 24.2. The van der Waals surface area contributed by atoms with E-state index >= 15 is 0 Å². The Hall–Kier alpha value is -2.89. The van der Waals surface area contributed by atoms with Gasteiger partial charge in [0.1, 0.15) is 5.75 Å². The highest BCUT2D eigenvalue weighted by molar-refractivity contribution is 7.78. The molecule has 11 heteroatoms. The normalized spacial score (nSPS) is 15.0. The van der Waals surface area contributed by atoms with Crippen LogP contribution in [-0.2, 0) is 23.6 Å². The second-order valence-electron chi connectivity index (χ2n) is 7.00. The molecule has 0 aliphatic rings. The molecule has 176 valence electrons. The topological polar surface area (TPSA) is 64.3 Å². The van der Waals surface area contributed by atoms with Gasteiger partial charge in [-0.2, -0.15) is 35.3 Å². The molecule has 0 aliphatic carbocycles. The van der Waals surface area contributed by atoms with E-state index in [9.17, 15) is 30.6 Å². The summed E-state index contributed by atoms with van der Waals surface area (Å²) in [5.41, 5.74) is 4.42. The van der Waals surface area contributed by atoms with Crippen LogP contribution < -0.4 is 14.6 Å². The van der Waals surface area contributed by atoms with Crippen LogP contribution in [0.2, 0.25) is 0 Å². The number of rotatable bonds is 7. The van der Waals surface area contributed by atoms with E-state index in [2.05, 4.69) is 4.72 Å². The molecule has 0 radical (unpaired) electrons. The van der Waals surface area contributed by atoms with Gasteiger partial charge in [-0.15, -0.1) is 0 Å². The largest absolute Gasteiger partial charge is 0.416 e. The van der Waals surface area contributed by atoms with Crippen LogP contribution in [0.4, 0.5) is 26.3 Å². The summed E-state index contributed by atoms with van der Waals surface area (Å²) in [6.07, 6.45) is -10.1. The lowest BCUT2D eigenvalue weighted by atomic mass is 9.95. The van der Waals surface area contributed by atoms with Crippen molar-refractivity contribution in [2.24, 2.45) is 5.73 Å². The van der Waals surface area contributed by atoms with Crippen LogP contribution in [0.1, 0.15) is 34.3 Å². The first-order valence-corrected chi connectivity index (χ1v) is 10.5. The van der Waals surface area contributed by atoms with Gasteiger partial charge in [-0.05, 0) is 29.3 Å². The highest BCUT2D eigenvalue weighted by atomic mass is 32.2. The minimum absolute atomic E-state index is 0.0404. The number of hydrogen-bond acceptors (Lipinski definition) is 3. The van der Waals surface area contributed by atoms with Gasteiger partial charge in [0, 0.05) is 0 Å². The van der Waals surface area contributed by atoms with Gasteiger partial charge in [0.25, 0.3) is 11.3 Å². The number of alkyl halides is 6. The van der Waals surface area contributed by atoms with Crippen molar-refractivity contribution in [2.45, 2.75) is 24.4 Å². The molecule has 4 nitrogen and oxygen atoms in total. The third-order valence-electron chi connectivity index (χ3n) is 4.66. The Bertz CT molecular complexity index is 1060. The van der Waals surface area contributed by atoms with Gasteiger partial charge in [-0.25, -0.2) is 0 Å². The molecular formula is C22H18F6N2O2S. The fraction of sp³-hybridized carbons (Fsp3) is 0.182. The van der Waals surface area contributed by atoms with Crippen molar-refractivity contribution in [2.75, 3.05) is 0 Å². The van der Waals surface area contributed by atoms with E-state index < -0.39 is 52.6 Å². The number of nitrogens with two attached hydrogens (primary N) is 1. The smallest absolute Gasteiger partial charge is 0.389 e. The molecule has 3 N–H and O–H groups in total. The van der Waals surface area contributed by atoms with Gasteiger partial charge in [-0.1, -0.05) is 60.7 Å². The van der Waals surface area contributed by atoms with Crippen molar-refractivity contribution in [3.05, 3.63) is 101 Å². The van der Waals surface area contributed by atoms with E-state index in [1.165, 1.54) is 0 Å². The van der Waals surface area contributed by atoms with E-state index in [0.29, 0.717) is 23.3 Å². The molecule has 3 aromatic carbocycles. The lowest BCUT2D eigenvalue weighted by molar-refractivity contribution is -0.143. The Labute approximate surface area is 188 Å². The Kier molecular flexibility index (Phi) is 7.45. The van der Waals surface area contributed by atoms with E-state index in [1.807, 2.05) is 0 Å². The van der Waals surface area contributed by atoms with E-state index in [4.69, 9.17) is 9.92 Å². The summed E-state index contributed by atoms with van der Waals surface area (Å²) >= 11 is -2.53. The van der Waals surface area contributed by atoms with Crippen molar-refractivity contribution < 1.29 is 34.7 Å². The minimum Gasteiger partial charge on any atom is -0.389 e. The maximum Gasteiger partial charge on any atom is 0.416 e. The predicted molar refractivity (Wildman–Crippen MR) is 111 cm³/mol. The molecule has 0 saturated carbocycles. The molecule has 3 atom stereocenters. The molecule has 0 bridgehead atoms. The molecule has 0 saturated heterocycles. The average Bonchev–Trinajstić information content (AvgIpc) is 2.77. The summed E-state index contributed by atoms with van der Waals surface area (Å²) in [5, 5.41) is 0. The molecule has 3 rings (SSSR count). The van der Waals surface area contributed by atoms with E-state index in [0.717, 1.165) is 0 Å². The fourth-order valence-electron chi connectivity index (χ4n) is 3.07. The zero-order valence-electron chi connectivity index (χ0n) is 16.7. The van der Waals surface area contributed by atoms with Gasteiger partial charge in [0.15, 0.2) is 0 Å². The molecular weight excluding hydrogens is 470 g/mol. The first-order valence-electron chi connectivity index (χ1n) is 9.46. The predicted octanol–water partition coefficient (Wildman–Crippen LogP) is 5.71. The quantitative estimate of drug-likeness (QED) is 0.419. The van der Waals surface area contributed by atoms with E-state index in [1.54, 1.807) is 60.7 Å². The summed E-state index contributed by atoms with van der Waals surface area (Å²) in [5.74, 6) is -0.858. The maximum atomic E-state index is 13.1. The van der Waals surface area contributed by atoms with Gasteiger partial charge < -0.3 is 9.92 Å². The molecule has 33 heavy (non-hydrogen) atoms. The Balaban J connectivity index is 1.89. The molecule has 2 unspecified atom stereocenters. The Morgan fingerprint density at radius 3 is 1.67 bits per heavy atom. The molecule has 0 heterocycles. The lowest BCUT2D eigenvalue weighted by Gasteiger charge is -2.25. The number of halogens is 6. The summed E-state index contributed by atoms with van der Waals surface area (Å²) in [4.78, 5) is 0. The third-order valence-corrected chi connectivity index (χ3v) is 5.45. The second kappa shape index (κ2) is 9.94. The molecule has 0 spiro atoms. The van der Waals surface area contributed by atoms with Crippen molar-refractivity contribution >= 4 is 11.3 Å². The van der Waals surface area contributed by atoms with Crippen molar-refractivity contribution in [3.63, 3.8) is 0 Å². The minimum atomic E-state index is -5.06. The van der Waals surface area contributed by atoms with Crippen LogP contribution in [0, 0.1) is 0 Å². The highest BCUT2D eigenvalue weighted by Crippen LogP contribution is 2.38. The molecule has 0 amide bonds. The number of nitrogens with one attached hydrogen (secondary N) is 1. The summed E-state index contributed by atoms with van der Waals surface area (Å²) in [6, 6.07) is 16.3. The van der Waals surface area contributed by atoms with Gasteiger partial charge in [-0.3, -0.25) is 0 Å². The first kappa shape index (κ1) is 24.7. The number of benzene rings is 3. The van der Waals surface area contributed by atoms with Crippen molar-refractivity contribution in [1.82, 2.24) is 4.72 Å². The van der Waals surface area contributed by atoms with Crippen LogP contribution in [0.3, 0.4) is 0 Å². The summed E-state index contributed by atoms with van der Waals surface area (Å²) < 4.78 is 98.5. The summed E-state index contributed by atoms with van der Waals surface area (Å²) in [7, 11) is 0. The highest BCUT2D eigenvalue weighted by Gasteiger charge is 2.37.